The average molecular weight is 537 g/mol. The number of nitrogens with one attached hydrogen (secondary N) is 1. The van der Waals surface area contributed by atoms with Crippen molar-refractivity contribution in [3.05, 3.63) is 89.6 Å². The molecule has 1 aliphatic rings. The van der Waals surface area contributed by atoms with E-state index >= 15 is 0 Å². The van der Waals surface area contributed by atoms with Crippen LogP contribution in [0.4, 0.5) is 5.82 Å². The van der Waals surface area contributed by atoms with Gasteiger partial charge in [-0.3, -0.25) is 4.72 Å². The summed E-state index contributed by atoms with van der Waals surface area (Å²) in [7, 11) is -7.52. The van der Waals surface area contributed by atoms with E-state index in [9.17, 15) is 16.8 Å². The molecule has 0 saturated carbocycles. The van der Waals surface area contributed by atoms with Gasteiger partial charge in [0.25, 0.3) is 10.0 Å². The van der Waals surface area contributed by atoms with Crippen LogP contribution in [0, 0.1) is 6.92 Å². The van der Waals surface area contributed by atoms with E-state index in [4.69, 9.17) is 4.98 Å². The second-order valence-electron chi connectivity index (χ2n) is 9.22. The molecule has 0 amide bonds. The van der Waals surface area contributed by atoms with Gasteiger partial charge in [-0.25, -0.2) is 26.8 Å². The van der Waals surface area contributed by atoms with E-state index in [0.717, 1.165) is 24.8 Å². The predicted molar refractivity (Wildman–Crippen MR) is 143 cm³/mol. The molecule has 0 spiro atoms. The van der Waals surface area contributed by atoms with Crippen molar-refractivity contribution in [2.75, 3.05) is 17.8 Å². The maximum Gasteiger partial charge on any atom is 0.263 e. The lowest BCUT2D eigenvalue weighted by Gasteiger charge is -2.26. The van der Waals surface area contributed by atoms with Crippen molar-refractivity contribution < 1.29 is 16.8 Å². The number of rotatable bonds is 7. The van der Waals surface area contributed by atoms with E-state index < -0.39 is 20.0 Å². The Labute approximate surface area is 217 Å². The van der Waals surface area contributed by atoms with Crippen LogP contribution in [0.2, 0.25) is 0 Å². The third kappa shape index (κ3) is 5.51. The summed E-state index contributed by atoms with van der Waals surface area (Å²) in [5, 5.41) is 0. The first kappa shape index (κ1) is 25.3. The highest BCUT2D eigenvalue weighted by Gasteiger charge is 2.26. The number of sulfonamides is 2. The molecule has 1 aromatic heterocycles. The molecule has 5 rings (SSSR count). The molecule has 2 heterocycles. The van der Waals surface area contributed by atoms with Gasteiger partial charge in [-0.1, -0.05) is 48.4 Å². The van der Waals surface area contributed by atoms with Gasteiger partial charge >= 0.3 is 0 Å². The van der Waals surface area contributed by atoms with Gasteiger partial charge in [0.1, 0.15) is 0 Å². The van der Waals surface area contributed by atoms with Crippen LogP contribution in [-0.4, -0.2) is 44.2 Å². The van der Waals surface area contributed by atoms with E-state index in [2.05, 4.69) is 9.71 Å². The van der Waals surface area contributed by atoms with Crippen molar-refractivity contribution in [2.24, 2.45) is 0 Å². The minimum atomic E-state index is -3.91. The zero-order chi connectivity index (χ0) is 26.0. The lowest BCUT2D eigenvalue weighted by molar-refractivity contribution is 0.346. The zero-order valence-electron chi connectivity index (χ0n) is 20.5. The summed E-state index contributed by atoms with van der Waals surface area (Å²) >= 11 is 0. The van der Waals surface area contributed by atoms with Crippen molar-refractivity contribution in [3.63, 3.8) is 0 Å². The van der Waals surface area contributed by atoms with Crippen LogP contribution >= 0.6 is 0 Å². The monoisotopic (exact) mass is 536 g/mol. The molecule has 4 aromatic rings. The van der Waals surface area contributed by atoms with Crippen LogP contribution in [0.25, 0.3) is 11.0 Å². The average Bonchev–Trinajstić information content (AvgIpc) is 2.90. The minimum absolute atomic E-state index is 0.114. The Balaban J connectivity index is 1.51. The molecule has 3 aromatic carbocycles. The van der Waals surface area contributed by atoms with Gasteiger partial charge in [0.2, 0.25) is 10.0 Å². The van der Waals surface area contributed by atoms with Gasteiger partial charge < -0.3 is 0 Å². The largest absolute Gasteiger partial charge is 0.263 e. The maximum atomic E-state index is 13.2. The molecule has 0 radical (unpaired) electrons. The van der Waals surface area contributed by atoms with Crippen molar-refractivity contribution in [3.8, 4) is 0 Å². The van der Waals surface area contributed by atoms with Crippen molar-refractivity contribution in [1.29, 1.82) is 0 Å². The zero-order valence-corrected chi connectivity index (χ0v) is 22.1. The number of hydrogen-bond donors (Lipinski definition) is 1. The van der Waals surface area contributed by atoms with Crippen molar-refractivity contribution >= 4 is 36.9 Å². The highest BCUT2D eigenvalue weighted by Crippen LogP contribution is 2.26. The molecule has 192 valence electrons. The lowest BCUT2D eigenvalue weighted by atomic mass is 10.1. The molecule has 8 nitrogen and oxygen atoms in total. The van der Waals surface area contributed by atoms with E-state index in [1.165, 1.54) is 4.31 Å². The Morgan fingerprint density at radius 3 is 2.16 bits per heavy atom. The lowest BCUT2D eigenvalue weighted by Crippen LogP contribution is -2.35. The third-order valence-electron chi connectivity index (χ3n) is 6.43. The normalized spacial score (nSPS) is 15.1. The number of para-hydroxylation sites is 2. The van der Waals surface area contributed by atoms with Gasteiger partial charge in [0.15, 0.2) is 5.82 Å². The Bertz CT molecular complexity index is 1650. The molecule has 1 fully saturated rings. The summed E-state index contributed by atoms with van der Waals surface area (Å²) in [5.74, 6) is 0.114. The summed E-state index contributed by atoms with van der Waals surface area (Å²) in [6.45, 7) is 2.93. The van der Waals surface area contributed by atoms with Gasteiger partial charge in [-0.15, -0.1) is 0 Å². The van der Waals surface area contributed by atoms with Gasteiger partial charge in [0, 0.05) is 19.5 Å². The fraction of sp³-hybridized carbons (Fsp3) is 0.259. The number of aromatic nitrogens is 2. The maximum absolute atomic E-state index is 13.2. The number of benzene rings is 3. The number of anilines is 1. The van der Waals surface area contributed by atoms with Crippen molar-refractivity contribution in [1.82, 2.24) is 14.3 Å². The number of piperidine rings is 1. The molecular weight excluding hydrogens is 508 g/mol. The van der Waals surface area contributed by atoms with E-state index in [1.807, 2.05) is 25.1 Å². The Morgan fingerprint density at radius 2 is 1.46 bits per heavy atom. The highest BCUT2D eigenvalue weighted by molar-refractivity contribution is 7.92. The topological polar surface area (TPSA) is 109 Å². The second-order valence-corrected chi connectivity index (χ2v) is 12.8. The minimum Gasteiger partial charge on any atom is -0.262 e. The van der Waals surface area contributed by atoms with Gasteiger partial charge in [0.05, 0.1) is 26.5 Å². The van der Waals surface area contributed by atoms with Crippen LogP contribution in [0.15, 0.2) is 82.6 Å². The van der Waals surface area contributed by atoms with Crippen LogP contribution in [0.5, 0.6) is 0 Å². The molecule has 37 heavy (non-hydrogen) atoms. The summed E-state index contributed by atoms with van der Waals surface area (Å²) in [4.78, 5) is 9.60. The van der Waals surface area contributed by atoms with Crippen LogP contribution < -0.4 is 4.72 Å². The van der Waals surface area contributed by atoms with E-state index in [-0.39, 0.29) is 22.0 Å². The number of aryl methyl sites for hydroxylation is 1. The Hall–Kier alpha value is -3.34. The summed E-state index contributed by atoms with van der Waals surface area (Å²) in [6, 6.07) is 20.5. The third-order valence-corrected chi connectivity index (χ3v) is 9.68. The van der Waals surface area contributed by atoms with Crippen molar-refractivity contribution in [2.45, 2.75) is 42.4 Å². The molecule has 0 unspecified atom stereocenters. The smallest absolute Gasteiger partial charge is 0.262 e. The molecule has 1 aliphatic heterocycles. The summed E-state index contributed by atoms with van der Waals surface area (Å²) < 4.78 is 56.9. The molecule has 0 aliphatic carbocycles. The Morgan fingerprint density at radius 1 is 0.784 bits per heavy atom. The van der Waals surface area contributed by atoms with Crippen LogP contribution in [-0.2, 0) is 26.5 Å². The van der Waals surface area contributed by atoms with E-state index in [1.54, 1.807) is 54.6 Å². The van der Waals surface area contributed by atoms with Gasteiger partial charge in [-0.05, 0) is 61.7 Å². The number of fused-ring (bicyclic) bond motifs is 1. The number of nitrogens with zero attached hydrogens (tertiary/aromatic N) is 3. The SMILES string of the molecule is Cc1ccc(S(=O)(=O)Nc2nc3ccccc3nc2Cc2cccc(S(=O)(=O)N3CCCCC3)c2)cc1. The molecule has 1 saturated heterocycles. The summed E-state index contributed by atoms with van der Waals surface area (Å²) in [5.41, 5.74) is 3.21. The fourth-order valence-electron chi connectivity index (χ4n) is 4.41. The molecular formula is C27H28N4O4S2. The number of hydrogen-bond acceptors (Lipinski definition) is 6. The first-order chi connectivity index (χ1) is 17.7. The predicted octanol–water partition coefficient (Wildman–Crippen LogP) is 4.50. The quantitative estimate of drug-likeness (QED) is 0.372. The summed E-state index contributed by atoms with van der Waals surface area (Å²) in [6.07, 6.45) is 2.95. The fourth-order valence-corrected chi connectivity index (χ4v) is 7.03. The highest BCUT2D eigenvalue weighted by atomic mass is 32.2. The van der Waals surface area contributed by atoms with Crippen LogP contribution in [0.1, 0.15) is 36.1 Å². The Kier molecular flexibility index (Phi) is 6.98. The first-order valence-electron chi connectivity index (χ1n) is 12.2. The van der Waals surface area contributed by atoms with Gasteiger partial charge in [-0.2, -0.15) is 4.31 Å². The molecule has 1 N–H and O–H groups in total. The standard InChI is InChI=1S/C27H28N4O4S2/c1-20-12-14-22(15-13-20)36(32,33)30-27-26(28-24-10-3-4-11-25(24)29-27)19-21-8-7-9-23(18-21)37(34,35)31-16-5-2-6-17-31/h3-4,7-15,18H,2,5-6,16-17,19H2,1H3,(H,29,30). The second kappa shape index (κ2) is 10.2. The molecule has 10 heteroatoms. The van der Waals surface area contributed by atoms with E-state index in [0.29, 0.717) is 35.4 Å². The van der Waals surface area contributed by atoms with Crippen LogP contribution in [0.3, 0.4) is 0 Å². The molecule has 0 bridgehead atoms. The first-order valence-corrected chi connectivity index (χ1v) is 15.1. The molecule has 0 atom stereocenters.